The van der Waals surface area contributed by atoms with Gasteiger partial charge in [-0.1, -0.05) is 0 Å². The van der Waals surface area contributed by atoms with Crippen molar-refractivity contribution in [3.05, 3.63) is 16.1 Å². The summed E-state index contributed by atoms with van der Waals surface area (Å²) in [6.07, 6.45) is 0. The molecule has 0 radical (unpaired) electrons. The summed E-state index contributed by atoms with van der Waals surface area (Å²) in [5, 5.41) is 5.79. The molecule has 0 bridgehead atoms. The molecule has 0 aromatic carbocycles. The zero-order valence-electron chi connectivity index (χ0n) is 10.7. The number of methoxy groups -OCH3 is 1. The first-order chi connectivity index (χ1) is 8.04. The molecule has 6 heteroatoms. The van der Waals surface area contributed by atoms with Crippen molar-refractivity contribution < 1.29 is 9.53 Å². The van der Waals surface area contributed by atoms with E-state index in [0.29, 0.717) is 13.2 Å². The number of carbonyl (C=O) groups excluding carboxylic acids is 1. The van der Waals surface area contributed by atoms with Crippen molar-refractivity contribution >= 4 is 17.4 Å². The summed E-state index contributed by atoms with van der Waals surface area (Å²) in [6.45, 7) is 4.88. The van der Waals surface area contributed by atoms with E-state index in [4.69, 9.17) is 4.74 Å². The van der Waals surface area contributed by atoms with Gasteiger partial charge in [-0.3, -0.25) is 0 Å². The topological polar surface area (TPSA) is 54.5 Å². The van der Waals surface area contributed by atoms with Gasteiger partial charge in [-0.15, -0.1) is 11.3 Å². The lowest BCUT2D eigenvalue weighted by Crippen LogP contribution is -2.43. The summed E-state index contributed by atoms with van der Waals surface area (Å²) >= 11 is 1.58. The number of carbonyl (C=O) groups is 1. The van der Waals surface area contributed by atoms with Crippen LogP contribution in [-0.4, -0.2) is 42.7 Å². The van der Waals surface area contributed by atoms with Crippen LogP contribution in [0.4, 0.5) is 4.79 Å². The summed E-state index contributed by atoms with van der Waals surface area (Å²) in [5.74, 6) is 0. The van der Waals surface area contributed by atoms with E-state index in [0.717, 1.165) is 10.7 Å². The molecule has 1 rings (SSSR count). The third-order valence-electron chi connectivity index (χ3n) is 2.48. The van der Waals surface area contributed by atoms with E-state index in [2.05, 4.69) is 10.3 Å². The number of ether oxygens (including phenoxy) is 1. The minimum atomic E-state index is -0.111. The second-order valence-electron chi connectivity index (χ2n) is 3.93. The predicted octanol–water partition coefficient (Wildman–Crippen LogP) is 1.63. The Hall–Kier alpha value is -1.14. The van der Waals surface area contributed by atoms with Crippen molar-refractivity contribution in [2.75, 3.05) is 20.8 Å². The van der Waals surface area contributed by atoms with E-state index in [-0.39, 0.29) is 12.1 Å². The standard InChI is InChI=1S/C11H19N3O2S/c1-8(6-16-4)14(3)11(15)12-5-10-7-17-9(2)13-10/h7-8H,5-6H2,1-4H3,(H,12,15)/t8-/m1/s1. The molecule has 0 spiro atoms. The SMILES string of the molecule is COC[C@@H](C)N(C)C(=O)NCc1csc(C)n1. The second kappa shape index (κ2) is 6.56. The molecule has 0 aliphatic heterocycles. The summed E-state index contributed by atoms with van der Waals surface area (Å²) in [5.41, 5.74) is 0.897. The predicted molar refractivity (Wildman–Crippen MR) is 68.2 cm³/mol. The van der Waals surface area contributed by atoms with Crippen LogP contribution in [0.5, 0.6) is 0 Å². The molecule has 1 aromatic heterocycles. The number of nitrogens with one attached hydrogen (secondary N) is 1. The number of hydrogen-bond donors (Lipinski definition) is 1. The third-order valence-corrected chi connectivity index (χ3v) is 3.30. The van der Waals surface area contributed by atoms with Gasteiger partial charge < -0.3 is 15.0 Å². The lowest BCUT2D eigenvalue weighted by Gasteiger charge is -2.24. The van der Waals surface area contributed by atoms with E-state index in [1.54, 1.807) is 30.4 Å². The highest BCUT2D eigenvalue weighted by Crippen LogP contribution is 2.07. The van der Waals surface area contributed by atoms with Gasteiger partial charge in [-0.25, -0.2) is 9.78 Å². The van der Waals surface area contributed by atoms with Crippen molar-refractivity contribution in [3.63, 3.8) is 0 Å². The zero-order chi connectivity index (χ0) is 12.8. The highest BCUT2D eigenvalue weighted by atomic mass is 32.1. The molecule has 0 saturated heterocycles. The van der Waals surface area contributed by atoms with Crippen LogP contribution in [0.15, 0.2) is 5.38 Å². The van der Waals surface area contributed by atoms with Crippen molar-refractivity contribution in [2.45, 2.75) is 26.4 Å². The zero-order valence-corrected chi connectivity index (χ0v) is 11.5. The number of thiazole rings is 1. The normalized spacial score (nSPS) is 12.2. The molecule has 0 aliphatic carbocycles. The molecule has 96 valence electrons. The maximum atomic E-state index is 11.8. The lowest BCUT2D eigenvalue weighted by atomic mass is 10.3. The van der Waals surface area contributed by atoms with E-state index < -0.39 is 0 Å². The fourth-order valence-electron chi connectivity index (χ4n) is 1.33. The van der Waals surface area contributed by atoms with Gasteiger partial charge in [-0.05, 0) is 13.8 Å². The number of nitrogens with zero attached hydrogens (tertiary/aromatic N) is 2. The number of amides is 2. The largest absolute Gasteiger partial charge is 0.383 e. The maximum Gasteiger partial charge on any atom is 0.317 e. The average molecular weight is 257 g/mol. The van der Waals surface area contributed by atoms with Crippen molar-refractivity contribution in [2.24, 2.45) is 0 Å². The smallest absolute Gasteiger partial charge is 0.317 e. The van der Waals surface area contributed by atoms with Crippen LogP contribution >= 0.6 is 11.3 Å². The molecule has 0 fully saturated rings. The van der Waals surface area contributed by atoms with Crippen LogP contribution in [0.1, 0.15) is 17.6 Å². The number of rotatable bonds is 5. The third kappa shape index (κ3) is 4.32. The van der Waals surface area contributed by atoms with Gasteiger partial charge in [0.2, 0.25) is 0 Å². The highest BCUT2D eigenvalue weighted by molar-refractivity contribution is 7.09. The molecule has 1 N–H and O–H groups in total. The molecule has 1 atom stereocenters. The summed E-state index contributed by atoms with van der Waals surface area (Å²) in [6, 6.07) is -0.0580. The molecule has 0 saturated carbocycles. The quantitative estimate of drug-likeness (QED) is 0.872. The van der Waals surface area contributed by atoms with Gasteiger partial charge >= 0.3 is 6.03 Å². The van der Waals surface area contributed by atoms with Crippen LogP contribution in [0.3, 0.4) is 0 Å². The van der Waals surface area contributed by atoms with E-state index in [1.165, 1.54) is 0 Å². The first kappa shape index (κ1) is 13.9. The average Bonchev–Trinajstić information content (AvgIpc) is 2.71. The van der Waals surface area contributed by atoms with Crippen LogP contribution in [0.2, 0.25) is 0 Å². The second-order valence-corrected chi connectivity index (χ2v) is 4.99. The Morgan fingerprint density at radius 3 is 2.94 bits per heavy atom. The van der Waals surface area contributed by atoms with Gasteiger partial charge in [0, 0.05) is 19.5 Å². The number of aryl methyl sites for hydroxylation is 1. The Morgan fingerprint density at radius 1 is 1.71 bits per heavy atom. The summed E-state index contributed by atoms with van der Waals surface area (Å²) in [4.78, 5) is 17.7. The summed E-state index contributed by atoms with van der Waals surface area (Å²) in [7, 11) is 3.38. The van der Waals surface area contributed by atoms with Gasteiger partial charge in [0.05, 0.1) is 29.9 Å². The number of hydrogen-bond acceptors (Lipinski definition) is 4. The molecule has 2 amide bonds. The van der Waals surface area contributed by atoms with Crippen molar-refractivity contribution in [1.82, 2.24) is 15.2 Å². The molecule has 1 aromatic rings. The fourth-order valence-corrected chi connectivity index (χ4v) is 1.95. The van der Waals surface area contributed by atoms with Gasteiger partial charge in [0.15, 0.2) is 0 Å². The monoisotopic (exact) mass is 257 g/mol. The maximum absolute atomic E-state index is 11.8. The van der Waals surface area contributed by atoms with Gasteiger partial charge in [0.1, 0.15) is 0 Å². The van der Waals surface area contributed by atoms with Crippen molar-refractivity contribution in [1.29, 1.82) is 0 Å². The Bertz CT molecular complexity index is 367. The Labute approximate surface area is 106 Å². The van der Waals surface area contributed by atoms with E-state index in [1.807, 2.05) is 19.2 Å². The summed E-state index contributed by atoms with van der Waals surface area (Å²) < 4.78 is 5.01. The molecule has 1 heterocycles. The van der Waals surface area contributed by atoms with Gasteiger partial charge in [-0.2, -0.15) is 0 Å². The van der Waals surface area contributed by atoms with E-state index in [9.17, 15) is 4.79 Å². The van der Waals surface area contributed by atoms with Crippen LogP contribution in [0, 0.1) is 6.92 Å². The van der Waals surface area contributed by atoms with Crippen molar-refractivity contribution in [3.8, 4) is 0 Å². The Kier molecular flexibility index (Phi) is 5.37. The number of aromatic nitrogens is 1. The molecular weight excluding hydrogens is 238 g/mol. The first-order valence-electron chi connectivity index (χ1n) is 5.45. The lowest BCUT2D eigenvalue weighted by molar-refractivity contribution is 0.123. The Balaban J connectivity index is 2.38. The number of urea groups is 1. The first-order valence-corrected chi connectivity index (χ1v) is 6.33. The van der Waals surface area contributed by atoms with E-state index >= 15 is 0 Å². The molecule has 17 heavy (non-hydrogen) atoms. The minimum Gasteiger partial charge on any atom is -0.383 e. The number of likely N-dealkylation sites (N-methyl/N-ethyl adjacent to an activating group) is 1. The van der Waals surface area contributed by atoms with Crippen LogP contribution < -0.4 is 5.32 Å². The van der Waals surface area contributed by atoms with Crippen LogP contribution in [0.25, 0.3) is 0 Å². The van der Waals surface area contributed by atoms with Gasteiger partial charge in [0.25, 0.3) is 0 Å². The fraction of sp³-hybridized carbons (Fsp3) is 0.636. The minimum absolute atomic E-state index is 0.0529. The molecule has 0 unspecified atom stereocenters. The van der Waals surface area contributed by atoms with Crippen LogP contribution in [-0.2, 0) is 11.3 Å². The highest BCUT2D eigenvalue weighted by Gasteiger charge is 2.15. The molecule has 5 nitrogen and oxygen atoms in total. The Morgan fingerprint density at radius 2 is 2.41 bits per heavy atom. The molecule has 0 aliphatic rings. The molecular formula is C11H19N3O2S.